The Kier molecular flexibility index (Phi) is 4.17. The second-order valence-electron chi connectivity index (χ2n) is 2.86. The summed E-state index contributed by atoms with van der Waals surface area (Å²) in [5.74, 6) is -1.82. The molecule has 0 aliphatic rings. The van der Waals surface area contributed by atoms with Gasteiger partial charge in [-0.2, -0.15) is 0 Å². The van der Waals surface area contributed by atoms with Gasteiger partial charge in [-0.3, -0.25) is 9.59 Å². The first-order valence-corrected chi connectivity index (χ1v) is 5.16. The largest absolute Gasteiger partial charge is 0.469 e. The molecule has 1 atom stereocenters. The summed E-state index contributed by atoms with van der Waals surface area (Å²) >= 11 is 1.25. The fourth-order valence-corrected chi connectivity index (χ4v) is 1.80. The van der Waals surface area contributed by atoms with Crippen LogP contribution in [0.15, 0.2) is 17.5 Å². The average Bonchev–Trinajstić information content (AvgIpc) is 2.77. The molecule has 5 heteroatoms. The first-order chi connectivity index (χ1) is 7.19. The summed E-state index contributed by atoms with van der Waals surface area (Å²) in [5.41, 5.74) is 0. The molecule has 4 nitrogen and oxygen atoms in total. The fourth-order valence-electron chi connectivity index (χ4n) is 1.07. The van der Waals surface area contributed by atoms with Crippen molar-refractivity contribution in [2.75, 3.05) is 7.11 Å². The molecule has 0 bridgehead atoms. The summed E-state index contributed by atoms with van der Waals surface area (Å²) < 4.78 is 4.40. The molecule has 80 valence electrons. The van der Waals surface area contributed by atoms with Gasteiger partial charge in [-0.05, 0) is 11.4 Å². The van der Waals surface area contributed by atoms with E-state index in [-0.39, 0.29) is 12.2 Å². The number of ketones is 1. The van der Waals surface area contributed by atoms with Gasteiger partial charge < -0.3 is 9.53 Å². The molecule has 0 N–H and O–H groups in total. The van der Waals surface area contributed by atoms with Crippen molar-refractivity contribution in [3.63, 3.8) is 0 Å². The highest BCUT2D eigenvalue weighted by atomic mass is 32.1. The molecule has 0 radical (unpaired) electrons. The second-order valence-corrected chi connectivity index (χ2v) is 3.81. The number of aldehydes is 1. The predicted octanol–water partition coefficient (Wildman–Crippen LogP) is 1.31. The molecule has 1 heterocycles. The molecule has 1 aromatic rings. The van der Waals surface area contributed by atoms with Crippen molar-refractivity contribution in [2.45, 2.75) is 6.42 Å². The number of methoxy groups -OCH3 is 1. The lowest BCUT2D eigenvalue weighted by molar-refractivity contribution is -0.142. The highest BCUT2D eigenvalue weighted by Gasteiger charge is 2.23. The third-order valence-corrected chi connectivity index (χ3v) is 2.76. The summed E-state index contributed by atoms with van der Waals surface area (Å²) in [7, 11) is 1.22. The van der Waals surface area contributed by atoms with Crippen LogP contribution in [0.4, 0.5) is 0 Å². The summed E-state index contributed by atoms with van der Waals surface area (Å²) in [6, 6.07) is 3.35. The van der Waals surface area contributed by atoms with Gasteiger partial charge in [-0.15, -0.1) is 11.3 Å². The lowest BCUT2D eigenvalue weighted by atomic mass is 10.0. The van der Waals surface area contributed by atoms with Gasteiger partial charge in [0.2, 0.25) is 0 Å². The van der Waals surface area contributed by atoms with Crippen LogP contribution in [0.2, 0.25) is 0 Å². The number of carbonyl (C=O) groups excluding carboxylic acids is 3. The van der Waals surface area contributed by atoms with Crippen LogP contribution in [0.1, 0.15) is 16.1 Å². The number of esters is 1. The summed E-state index contributed by atoms with van der Waals surface area (Å²) in [4.78, 5) is 33.7. The minimum Gasteiger partial charge on any atom is -0.469 e. The molecule has 0 saturated carbocycles. The van der Waals surface area contributed by atoms with E-state index in [1.807, 2.05) is 0 Å². The fraction of sp³-hybridized carbons (Fsp3) is 0.300. The SMILES string of the molecule is COC(=O)CC(C=O)C(=O)c1cccs1. The van der Waals surface area contributed by atoms with Gasteiger partial charge in [0, 0.05) is 0 Å². The highest BCUT2D eigenvalue weighted by Crippen LogP contribution is 2.16. The minimum absolute atomic E-state index is 0.198. The summed E-state index contributed by atoms with van der Waals surface area (Å²) in [6.07, 6.45) is 0.287. The molecule has 0 amide bonds. The van der Waals surface area contributed by atoms with E-state index in [2.05, 4.69) is 4.74 Å². The van der Waals surface area contributed by atoms with Crippen molar-refractivity contribution < 1.29 is 19.1 Å². The Balaban J connectivity index is 2.71. The van der Waals surface area contributed by atoms with Crippen molar-refractivity contribution >= 4 is 29.4 Å². The zero-order valence-corrected chi connectivity index (χ0v) is 8.95. The number of hydrogen-bond donors (Lipinski definition) is 0. The van der Waals surface area contributed by atoms with Gasteiger partial charge in [0.1, 0.15) is 6.29 Å². The van der Waals surface area contributed by atoms with Gasteiger partial charge in [0.15, 0.2) is 5.78 Å². The van der Waals surface area contributed by atoms with Crippen molar-refractivity contribution in [3.05, 3.63) is 22.4 Å². The Labute approximate surface area is 90.9 Å². The molecule has 0 aliphatic heterocycles. The van der Waals surface area contributed by atoms with E-state index in [0.717, 1.165) is 0 Å². The van der Waals surface area contributed by atoms with Crippen LogP contribution in [0.25, 0.3) is 0 Å². The molecule has 1 rings (SSSR count). The third-order valence-electron chi connectivity index (χ3n) is 1.88. The second kappa shape index (κ2) is 5.41. The van der Waals surface area contributed by atoms with Crippen molar-refractivity contribution in [1.82, 2.24) is 0 Å². The molecule has 1 aromatic heterocycles. The van der Waals surface area contributed by atoms with E-state index >= 15 is 0 Å². The highest BCUT2D eigenvalue weighted by molar-refractivity contribution is 7.12. The summed E-state index contributed by atoms with van der Waals surface area (Å²) in [5, 5.41) is 1.74. The number of ether oxygens (including phenoxy) is 1. The van der Waals surface area contributed by atoms with E-state index in [1.54, 1.807) is 17.5 Å². The van der Waals surface area contributed by atoms with Crippen LogP contribution in [-0.4, -0.2) is 25.1 Å². The van der Waals surface area contributed by atoms with Gasteiger partial charge in [0.25, 0.3) is 0 Å². The number of rotatable bonds is 5. The average molecular weight is 226 g/mol. The van der Waals surface area contributed by atoms with Gasteiger partial charge in [0.05, 0.1) is 24.3 Å². The lowest BCUT2D eigenvalue weighted by Gasteiger charge is -2.05. The van der Waals surface area contributed by atoms with Crippen LogP contribution in [-0.2, 0) is 14.3 Å². The number of thiophene rings is 1. The smallest absolute Gasteiger partial charge is 0.306 e. The topological polar surface area (TPSA) is 60.4 Å². The van der Waals surface area contributed by atoms with E-state index < -0.39 is 11.9 Å². The standard InChI is InChI=1S/C10H10O4S/c1-14-9(12)5-7(6-11)10(13)8-3-2-4-15-8/h2-4,6-7H,5H2,1H3. The maximum absolute atomic E-state index is 11.7. The van der Waals surface area contributed by atoms with Crippen molar-refractivity contribution in [2.24, 2.45) is 5.92 Å². The van der Waals surface area contributed by atoms with Crippen LogP contribution in [0, 0.1) is 5.92 Å². The number of Topliss-reactive ketones (excluding diaryl/α,β-unsaturated/α-hetero) is 1. The maximum Gasteiger partial charge on any atom is 0.306 e. The first-order valence-electron chi connectivity index (χ1n) is 4.29. The molecule has 15 heavy (non-hydrogen) atoms. The third kappa shape index (κ3) is 2.99. The summed E-state index contributed by atoms with van der Waals surface area (Å²) in [6.45, 7) is 0. The van der Waals surface area contributed by atoms with E-state index in [0.29, 0.717) is 11.2 Å². The molecule has 1 unspecified atom stereocenters. The zero-order chi connectivity index (χ0) is 11.3. The van der Waals surface area contributed by atoms with Crippen LogP contribution in [0.5, 0.6) is 0 Å². The van der Waals surface area contributed by atoms with E-state index in [4.69, 9.17) is 0 Å². The molecule has 0 fully saturated rings. The molecule has 0 spiro atoms. The maximum atomic E-state index is 11.7. The van der Waals surface area contributed by atoms with E-state index in [9.17, 15) is 14.4 Å². The Morgan fingerprint density at radius 1 is 1.60 bits per heavy atom. The molecule has 0 aliphatic carbocycles. The molecular weight excluding hydrogens is 216 g/mol. The van der Waals surface area contributed by atoms with Crippen LogP contribution >= 0.6 is 11.3 Å². The Morgan fingerprint density at radius 3 is 2.80 bits per heavy atom. The van der Waals surface area contributed by atoms with Crippen molar-refractivity contribution in [1.29, 1.82) is 0 Å². The van der Waals surface area contributed by atoms with Crippen molar-refractivity contribution in [3.8, 4) is 0 Å². The minimum atomic E-state index is -0.934. The number of hydrogen-bond acceptors (Lipinski definition) is 5. The zero-order valence-electron chi connectivity index (χ0n) is 8.14. The lowest BCUT2D eigenvalue weighted by Crippen LogP contribution is -2.19. The predicted molar refractivity (Wildman–Crippen MR) is 54.8 cm³/mol. The Bertz CT molecular complexity index is 356. The van der Waals surface area contributed by atoms with Gasteiger partial charge >= 0.3 is 5.97 Å². The normalized spacial score (nSPS) is 11.8. The number of carbonyl (C=O) groups is 3. The Morgan fingerprint density at radius 2 is 2.33 bits per heavy atom. The Hall–Kier alpha value is -1.49. The van der Waals surface area contributed by atoms with Gasteiger partial charge in [-0.25, -0.2) is 0 Å². The molecular formula is C10H10O4S. The van der Waals surface area contributed by atoms with Crippen LogP contribution < -0.4 is 0 Å². The quantitative estimate of drug-likeness (QED) is 0.329. The molecule has 0 aromatic carbocycles. The first kappa shape index (κ1) is 11.6. The van der Waals surface area contributed by atoms with Gasteiger partial charge in [-0.1, -0.05) is 6.07 Å². The van der Waals surface area contributed by atoms with Crippen LogP contribution in [0.3, 0.4) is 0 Å². The monoisotopic (exact) mass is 226 g/mol. The molecule has 0 saturated heterocycles. The van der Waals surface area contributed by atoms with E-state index in [1.165, 1.54) is 18.4 Å².